The third-order valence-electron chi connectivity index (χ3n) is 3.03. The van der Waals surface area contributed by atoms with E-state index in [4.69, 9.17) is 28.9 Å². The van der Waals surface area contributed by atoms with Gasteiger partial charge in [0.2, 0.25) is 0 Å². The number of hydrogen-bond donors (Lipinski definition) is 1. The van der Waals surface area contributed by atoms with E-state index in [-0.39, 0.29) is 5.02 Å². The van der Waals surface area contributed by atoms with Gasteiger partial charge in [-0.05, 0) is 30.3 Å². The molecule has 0 spiro atoms. The maximum atomic E-state index is 13.1. The lowest BCUT2D eigenvalue weighted by atomic mass is 10.1. The summed E-state index contributed by atoms with van der Waals surface area (Å²) in [6, 6.07) is 11.4. The summed E-state index contributed by atoms with van der Waals surface area (Å²) >= 11 is 12.2. The van der Waals surface area contributed by atoms with Crippen LogP contribution in [0.2, 0.25) is 10.0 Å². The Morgan fingerprint density at radius 3 is 2.52 bits per heavy atom. The van der Waals surface area contributed by atoms with Crippen LogP contribution in [0.4, 0.5) is 10.1 Å². The predicted molar refractivity (Wildman–Crippen MR) is 83.4 cm³/mol. The number of nitrogens with two attached hydrogens (primary N) is 1. The molecule has 1 heterocycles. The summed E-state index contributed by atoms with van der Waals surface area (Å²) in [4.78, 5) is 0. The van der Waals surface area contributed by atoms with Crippen LogP contribution >= 0.6 is 23.2 Å². The molecule has 106 valence electrons. The third-order valence-corrected chi connectivity index (χ3v) is 3.66. The molecule has 0 saturated carbocycles. The summed E-state index contributed by atoms with van der Waals surface area (Å²) in [6.07, 6.45) is 1.65. The van der Waals surface area contributed by atoms with Gasteiger partial charge < -0.3 is 5.73 Å². The fraction of sp³-hybridized carbons (Fsp3) is 0. The Morgan fingerprint density at radius 1 is 1.05 bits per heavy atom. The molecule has 2 N–H and O–H groups in total. The Kier molecular flexibility index (Phi) is 3.57. The van der Waals surface area contributed by atoms with Crippen molar-refractivity contribution >= 4 is 28.9 Å². The number of aromatic nitrogens is 2. The summed E-state index contributed by atoms with van der Waals surface area (Å²) in [5, 5.41) is 5.21. The Bertz CT molecular complexity index is 814. The minimum Gasteiger partial charge on any atom is -0.396 e. The van der Waals surface area contributed by atoms with Gasteiger partial charge in [-0.1, -0.05) is 35.3 Å². The summed E-state index contributed by atoms with van der Waals surface area (Å²) < 4.78 is 14.7. The van der Waals surface area contributed by atoms with Gasteiger partial charge in [-0.3, -0.25) is 0 Å². The van der Waals surface area contributed by atoms with Crippen molar-refractivity contribution in [3.05, 3.63) is 64.5 Å². The molecule has 0 bridgehead atoms. The van der Waals surface area contributed by atoms with Gasteiger partial charge in [0, 0.05) is 5.56 Å². The van der Waals surface area contributed by atoms with Crippen molar-refractivity contribution in [1.82, 2.24) is 9.78 Å². The van der Waals surface area contributed by atoms with Crippen LogP contribution in [0.5, 0.6) is 0 Å². The van der Waals surface area contributed by atoms with Gasteiger partial charge in [0.1, 0.15) is 11.5 Å². The van der Waals surface area contributed by atoms with E-state index in [1.807, 2.05) is 18.2 Å². The number of nitrogens with zero attached hydrogens (tertiary/aromatic N) is 2. The van der Waals surface area contributed by atoms with E-state index in [0.717, 1.165) is 0 Å². The van der Waals surface area contributed by atoms with Crippen LogP contribution < -0.4 is 5.73 Å². The van der Waals surface area contributed by atoms with Crippen molar-refractivity contribution in [3.8, 4) is 16.9 Å². The molecule has 0 unspecified atom stereocenters. The molecule has 0 amide bonds. The number of nitrogen functional groups attached to an aromatic ring is 1. The van der Waals surface area contributed by atoms with Crippen LogP contribution in [0.25, 0.3) is 16.9 Å². The zero-order chi connectivity index (χ0) is 15.0. The number of anilines is 1. The first kappa shape index (κ1) is 13.9. The highest BCUT2D eigenvalue weighted by atomic mass is 35.5. The minimum absolute atomic E-state index is 0.256. The second kappa shape index (κ2) is 5.39. The lowest BCUT2D eigenvalue weighted by molar-refractivity contribution is 0.628. The fourth-order valence-corrected chi connectivity index (χ4v) is 2.52. The first-order valence-corrected chi connectivity index (χ1v) is 6.87. The highest BCUT2D eigenvalue weighted by Crippen LogP contribution is 2.32. The van der Waals surface area contributed by atoms with E-state index < -0.39 is 5.82 Å². The third kappa shape index (κ3) is 2.60. The smallest absolute Gasteiger partial charge is 0.124 e. The first-order chi connectivity index (χ1) is 10.1. The van der Waals surface area contributed by atoms with Crippen molar-refractivity contribution in [2.45, 2.75) is 0 Å². The normalized spacial score (nSPS) is 10.8. The van der Waals surface area contributed by atoms with Gasteiger partial charge >= 0.3 is 0 Å². The average molecular weight is 322 g/mol. The topological polar surface area (TPSA) is 43.8 Å². The van der Waals surface area contributed by atoms with Crippen LogP contribution in [-0.2, 0) is 0 Å². The Morgan fingerprint density at radius 2 is 1.81 bits per heavy atom. The Balaban J connectivity index is 2.12. The van der Waals surface area contributed by atoms with Gasteiger partial charge in [-0.25, -0.2) is 9.07 Å². The summed E-state index contributed by atoms with van der Waals surface area (Å²) in [5.41, 5.74) is 8.18. The molecule has 0 saturated heterocycles. The number of halogens is 3. The monoisotopic (exact) mass is 321 g/mol. The molecule has 21 heavy (non-hydrogen) atoms. The summed E-state index contributed by atoms with van der Waals surface area (Å²) in [7, 11) is 0. The van der Waals surface area contributed by atoms with E-state index >= 15 is 0 Å². The molecule has 0 aliphatic carbocycles. The molecule has 1 aromatic heterocycles. The van der Waals surface area contributed by atoms with Crippen molar-refractivity contribution in [3.63, 3.8) is 0 Å². The zero-order valence-corrected chi connectivity index (χ0v) is 12.2. The SMILES string of the molecule is Nc1cn(-c2ccccc2Cl)nc1-c1ccc(F)cc1Cl. The van der Waals surface area contributed by atoms with Crippen LogP contribution in [-0.4, -0.2) is 9.78 Å². The van der Waals surface area contributed by atoms with Crippen molar-refractivity contribution in [2.24, 2.45) is 0 Å². The van der Waals surface area contributed by atoms with Gasteiger partial charge in [-0.2, -0.15) is 5.10 Å². The van der Waals surface area contributed by atoms with E-state index in [9.17, 15) is 4.39 Å². The molecule has 3 rings (SSSR count). The van der Waals surface area contributed by atoms with Gasteiger partial charge in [0.05, 0.1) is 27.6 Å². The molecular formula is C15H10Cl2FN3. The molecule has 3 nitrogen and oxygen atoms in total. The first-order valence-electron chi connectivity index (χ1n) is 6.12. The molecular weight excluding hydrogens is 312 g/mol. The lowest BCUT2D eigenvalue weighted by Gasteiger charge is -2.04. The second-order valence-corrected chi connectivity index (χ2v) is 5.27. The molecule has 0 radical (unpaired) electrons. The largest absolute Gasteiger partial charge is 0.396 e. The predicted octanol–water partition coefficient (Wildman–Crippen LogP) is 4.57. The minimum atomic E-state index is -0.409. The molecule has 0 atom stereocenters. The fourth-order valence-electron chi connectivity index (χ4n) is 2.04. The van der Waals surface area contributed by atoms with Crippen molar-refractivity contribution in [1.29, 1.82) is 0 Å². The number of para-hydroxylation sites is 1. The molecule has 0 aliphatic rings. The maximum absolute atomic E-state index is 13.1. The van der Waals surface area contributed by atoms with E-state index in [2.05, 4.69) is 5.10 Å². The summed E-state index contributed by atoms with van der Waals surface area (Å²) in [6.45, 7) is 0. The highest BCUT2D eigenvalue weighted by molar-refractivity contribution is 6.33. The van der Waals surface area contributed by atoms with Crippen molar-refractivity contribution in [2.75, 3.05) is 5.73 Å². The molecule has 0 fully saturated rings. The average Bonchev–Trinajstić information content (AvgIpc) is 2.81. The second-order valence-electron chi connectivity index (χ2n) is 4.45. The highest BCUT2D eigenvalue weighted by Gasteiger charge is 2.14. The lowest BCUT2D eigenvalue weighted by Crippen LogP contribution is -1.95. The van der Waals surface area contributed by atoms with Crippen LogP contribution in [0.1, 0.15) is 0 Å². The van der Waals surface area contributed by atoms with E-state index in [1.165, 1.54) is 12.1 Å². The van der Waals surface area contributed by atoms with Crippen LogP contribution in [0, 0.1) is 5.82 Å². The van der Waals surface area contributed by atoms with Gasteiger partial charge in [-0.15, -0.1) is 0 Å². The number of benzene rings is 2. The molecule has 6 heteroatoms. The van der Waals surface area contributed by atoms with Crippen LogP contribution in [0.3, 0.4) is 0 Å². The zero-order valence-electron chi connectivity index (χ0n) is 10.7. The van der Waals surface area contributed by atoms with E-state index in [0.29, 0.717) is 27.7 Å². The van der Waals surface area contributed by atoms with E-state index in [1.54, 1.807) is 23.0 Å². The standard InChI is InChI=1S/C15H10Cl2FN3/c16-11-3-1-2-4-14(11)21-8-13(19)15(20-21)10-6-5-9(18)7-12(10)17/h1-8H,19H2. The number of hydrogen-bond acceptors (Lipinski definition) is 2. The Hall–Kier alpha value is -2.04. The van der Waals surface area contributed by atoms with Crippen LogP contribution in [0.15, 0.2) is 48.7 Å². The molecule has 3 aromatic rings. The molecule has 0 aliphatic heterocycles. The summed E-state index contributed by atoms with van der Waals surface area (Å²) in [5.74, 6) is -0.409. The van der Waals surface area contributed by atoms with Gasteiger partial charge in [0.15, 0.2) is 0 Å². The number of rotatable bonds is 2. The quantitative estimate of drug-likeness (QED) is 0.751. The Labute approximate surface area is 130 Å². The van der Waals surface area contributed by atoms with Crippen molar-refractivity contribution < 1.29 is 4.39 Å². The van der Waals surface area contributed by atoms with Gasteiger partial charge in [0.25, 0.3) is 0 Å². The molecule has 2 aromatic carbocycles. The maximum Gasteiger partial charge on any atom is 0.124 e.